The summed E-state index contributed by atoms with van der Waals surface area (Å²) in [6, 6.07) is 5.83. The van der Waals surface area contributed by atoms with Crippen molar-refractivity contribution in [3.63, 3.8) is 0 Å². The maximum absolute atomic E-state index is 6.18. The van der Waals surface area contributed by atoms with Gasteiger partial charge in [-0.25, -0.2) is 0 Å². The molecule has 2 N–H and O–H groups in total. The topological polar surface area (TPSA) is 48.1 Å². The van der Waals surface area contributed by atoms with E-state index >= 15 is 0 Å². The Kier molecular flexibility index (Phi) is 3.83. The summed E-state index contributed by atoms with van der Waals surface area (Å²) >= 11 is 3.44. The summed E-state index contributed by atoms with van der Waals surface area (Å²) in [6.45, 7) is 2.31. The lowest BCUT2D eigenvalue weighted by Crippen LogP contribution is -2.23. The number of anilines is 1. The smallest absolute Gasteiger partial charge is 0.146 e. The van der Waals surface area contributed by atoms with Crippen LogP contribution in [-0.4, -0.2) is 11.1 Å². The molecular formula is C16H19BrN2O. The minimum atomic E-state index is 0.309. The molecule has 0 amide bonds. The molecule has 1 fully saturated rings. The average Bonchev–Trinajstić information content (AvgIpc) is 2.44. The summed E-state index contributed by atoms with van der Waals surface area (Å²) in [5.74, 6) is 1.67. The van der Waals surface area contributed by atoms with Crippen LogP contribution in [0.3, 0.4) is 0 Å². The van der Waals surface area contributed by atoms with Crippen LogP contribution in [0.1, 0.15) is 32.6 Å². The van der Waals surface area contributed by atoms with E-state index in [1.807, 2.05) is 18.2 Å². The monoisotopic (exact) mass is 334 g/mol. The van der Waals surface area contributed by atoms with Crippen molar-refractivity contribution in [1.29, 1.82) is 0 Å². The van der Waals surface area contributed by atoms with Gasteiger partial charge in [0.15, 0.2) is 0 Å². The van der Waals surface area contributed by atoms with E-state index in [4.69, 9.17) is 10.5 Å². The molecule has 0 spiro atoms. The summed E-state index contributed by atoms with van der Waals surface area (Å²) in [7, 11) is 0. The number of nitrogen functional groups attached to an aromatic ring is 1. The van der Waals surface area contributed by atoms with E-state index in [2.05, 4.69) is 27.8 Å². The van der Waals surface area contributed by atoms with Gasteiger partial charge >= 0.3 is 0 Å². The lowest BCUT2D eigenvalue weighted by Gasteiger charge is -2.27. The molecule has 1 saturated carbocycles. The zero-order valence-corrected chi connectivity index (χ0v) is 13.2. The fraction of sp³-hybridized carbons (Fsp3) is 0.438. The van der Waals surface area contributed by atoms with E-state index in [0.29, 0.717) is 6.10 Å². The van der Waals surface area contributed by atoms with Crippen LogP contribution in [0.25, 0.3) is 10.9 Å². The fourth-order valence-corrected chi connectivity index (χ4v) is 3.14. The van der Waals surface area contributed by atoms with Crippen LogP contribution in [0.4, 0.5) is 5.69 Å². The lowest BCUT2D eigenvalue weighted by molar-refractivity contribution is 0.137. The van der Waals surface area contributed by atoms with Gasteiger partial charge in [0.25, 0.3) is 0 Å². The lowest BCUT2D eigenvalue weighted by atomic mass is 9.89. The molecule has 3 rings (SSSR count). The van der Waals surface area contributed by atoms with Gasteiger partial charge in [0.1, 0.15) is 11.3 Å². The Bertz CT molecular complexity index is 621. The van der Waals surface area contributed by atoms with Crippen molar-refractivity contribution < 1.29 is 4.74 Å². The first-order valence-electron chi connectivity index (χ1n) is 7.14. The molecule has 0 saturated heterocycles. The number of nitrogens with zero attached hydrogens (tertiary/aromatic N) is 1. The third-order valence-corrected chi connectivity index (χ3v) is 4.50. The normalized spacial score (nSPS) is 22.9. The zero-order chi connectivity index (χ0) is 14.1. The molecule has 1 aliphatic rings. The predicted octanol–water partition coefficient (Wildman–Crippen LogP) is 4.54. The Morgan fingerprint density at radius 1 is 1.25 bits per heavy atom. The summed E-state index contributed by atoms with van der Waals surface area (Å²) in [6.07, 6.45) is 6.85. The van der Waals surface area contributed by atoms with Gasteiger partial charge in [0, 0.05) is 21.7 Å². The standard InChI is InChI=1S/C16H19BrN2O/c1-10-2-4-12(5-3-10)20-15-7-6-14(18)13-8-11(17)9-19-16(13)15/h6-10,12H,2-5,18H2,1H3. The van der Waals surface area contributed by atoms with Crippen LogP contribution >= 0.6 is 15.9 Å². The summed E-state index contributed by atoms with van der Waals surface area (Å²) < 4.78 is 7.11. The highest BCUT2D eigenvalue weighted by molar-refractivity contribution is 9.10. The van der Waals surface area contributed by atoms with Crippen LogP contribution in [0, 0.1) is 5.92 Å². The third kappa shape index (κ3) is 2.75. The second-order valence-electron chi connectivity index (χ2n) is 5.70. The number of fused-ring (bicyclic) bond motifs is 1. The minimum Gasteiger partial charge on any atom is -0.488 e. The molecule has 1 aromatic carbocycles. The molecule has 3 nitrogen and oxygen atoms in total. The summed E-state index contributed by atoms with van der Waals surface area (Å²) in [5.41, 5.74) is 7.62. The molecule has 0 aliphatic heterocycles. The van der Waals surface area contributed by atoms with Crippen molar-refractivity contribution in [2.75, 3.05) is 5.73 Å². The molecule has 0 bridgehead atoms. The van der Waals surface area contributed by atoms with Crippen molar-refractivity contribution in [3.8, 4) is 5.75 Å². The van der Waals surface area contributed by atoms with Crippen molar-refractivity contribution in [1.82, 2.24) is 4.98 Å². The molecule has 1 aromatic heterocycles. The molecule has 20 heavy (non-hydrogen) atoms. The van der Waals surface area contributed by atoms with E-state index in [0.717, 1.165) is 45.6 Å². The second kappa shape index (κ2) is 5.60. The molecule has 0 radical (unpaired) electrons. The van der Waals surface area contributed by atoms with Gasteiger partial charge in [-0.3, -0.25) is 4.98 Å². The number of pyridine rings is 1. The maximum atomic E-state index is 6.18. The Morgan fingerprint density at radius 3 is 2.75 bits per heavy atom. The van der Waals surface area contributed by atoms with Crippen LogP contribution in [-0.2, 0) is 0 Å². The number of nitrogens with two attached hydrogens (primary N) is 1. The summed E-state index contributed by atoms with van der Waals surface area (Å²) in [4.78, 5) is 4.47. The van der Waals surface area contributed by atoms with Gasteiger partial charge in [-0.05, 0) is 65.7 Å². The van der Waals surface area contributed by atoms with E-state index in [1.165, 1.54) is 12.8 Å². The van der Waals surface area contributed by atoms with Gasteiger partial charge in [-0.1, -0.05) is 6.92 Å². The Labute approximate surface area is 127 Å². The zero-order valence-electron chi connectivity index (χ0n) is 11.6. The molecule has 106 valence electrons. The highest BCUT2D eigenvalue weighted by Gasteiger charge is 2.20. The van der Waals surface area contributed by atoms with Crippen molar-refractivity contribution in [2.24, 2.45) is 5.92 Å². The van der Waals surface area contributed by atoms with Crippen molar-refractivity contribution in [3.05, 3.63) is 28.9 Å². The van der Waals surface area contributed by atoms with Gasteiger partial charge in [0.05, 0.1) is 6.10 Å². The van der Waals surface area contributed by atoms with Gasteiger partial charge in [-0.15, -0.1) is 0 Å². The highest BCUT2D eigenvalue weighted by atomic mass is 79.9. The Morgan fingerprint density at radius 2 is 2.00 bits per heavy atom. The highest BCUT2D eigenvalue weighted by Crippen LogP contribution is 2.33. The fourth-order valence-electron chi connectivity index (χ4n) is 2.81. The first-order chi connectivity index (χ1) is 9.63. The van der Waals surface area contributed by atoms with Gasteiger partial charge in [-0.2, -0.15) is 0 Å². The van der Waals surface area contributed by atoms with Crippen LogP contribution in [0.5, 0.6) is 5.75 Å². The summed E-state index contributed by atoms with van der Waals surface area (Å²) in [5, 5.41) is 0.945. The molecule has 1 aliphatic carbocycles. The molecule has 2 aromatic rings. The van der Waals surface area contributed by atoms with Crippen molar-refractivity contribution in [2.45, 2.75) is 38.7 Å². The number of ether oxygens (including phenoxy) is 1. The van der Waals surface area contributed by atoms with E-state index in [9.17, 15) is 0 Å². The van der Waals surface area contributed by atoms with Crippen molar-refractivity contribution >= 4 is 32.5 Å². The first-order valence-corrected chi connectivity index (χ1v) is 7.93. The molecule has 0 atom stereocenters. The van der Waals surface area contributed by atoms with Gasteiger partial charge in [0.2, 0.25) is 0 Å². The largest absolute Gasteiger partial charge is 0.488 e. The SMILES string of the molecule is CC1CCC(Oc2ccc(N)c3cc(Br)cnc23)CC1. The Hall–Kier alpha value is -1.29. The number of halogens is 1. The molecular weight excluding hydrogens is 316 g/mol. The molecule has 4 heteroatoms. The second-order valence-corrected chi connectivity index (χ2v) is 6.62. The van der Waals surface area contributed by atoms with E-state index in [1.54, 1.807) is 6.20 Å². The van der Waals surface area contributed by atoms with Crippen LogP contribution in [0.2, 0.25) is 0 Å². The Balaban J connectivity index is 1.90. The van der Waals surface area contributed by atoms with E-state index in [-0.39, 0.29) is 0 Å². The quantitative estimate of drug-likeness (QED) is 0.820. The number of hydrogen-bond acceptors (Lipinski definition) is 3. The van der Waals surface area contributed by atoms with Crippen LogP contribution in [0.15, 0.2) is 28.9 Å². The first kappa shape index (κ1) is 13.7. The number of hydrogen-bond donors (Lipinski definition) is 1. The van der Waals surface area contributed by atoms with E-state index < -0.39 is 0 Å². The average molecular weight is 335 g/mol. The molecule has 1 heterocycles. The van der Waals surface area contributed by atoms with Crippen LogP contribution < -0.4 is 10.5 Å². The third-order valence-electron chi connectivity index (χ3n) is 4.07. The predicted molar refractivity (Wildman–Crippen MR) is 85.9 cm³/mol. The minimum absolute atomic E-state index is 0.309. The van der Waals surface area contributed by atoms with Gasteiger partial charge < -0.3 is 10.5 Å². The number of aromatic nitrogens is 1. The molecule has 0 unspecified atom stereocenters. The number of benzene rings is 1. The maximum Gasteiger partial charge on any atom is 0.146 e. The number of rotatable bonds is 2.